The highest BCUT2D eigenvalue weighted by Crippen LogP contribution is 2.36. The maximum atomic E-state index is 12.3. The van der Waals surface area contributed by atoms with E-state index in [1.54, 1.807) is 23.6 Å². The van der Waals surface area contributed by atoms with Crippen LogP contribution in [0.15, 0.2) is 24.4 Å². The molecular weight excluding hydrogens is 258 g/mol. The lowest BCUT2D eigenvalue weighted by atomic mass is 9.95. The molecule has 0 radical (unpaired) electrons. The molecule has 2 aromatic heterocycles. The molecule has 0 saturated heterocycles. The fourth-order valence-corrected chi connectivity index (χ4v) is 3.61. The number of hydrogen-bond donors (Lipinski definition) is 2. The van der Waals surface area contributed by atoms with Gasteiger partial charge >= 0.3 is 0 Å². The van der Waals surface area contributed by atoms with Crippen molar-refractivity contribution in [3.8, 4) is 0 Å². The van der Waals surface area contributed by atoms with E-state index >= 15 is 0 Å². The Hall–Kier alpha value is -1.88. The van der Waals surface area contributed by atoms with Crippen molar-refractivity contribution in [1.82, 2.24) is 4.98 Å². The molecule has 0 atom stereocenters. The summed E-state index contributed by atoms with van der Waals surface area (Å²) in [4.78, 5) is 17.7. The Bertz CT molecular complexity index is 607. The molecule has 19 heavy (non-hydrogen) atoms. The van der Waals surface area contributed by atoms with Gasteiger partial charge in [0.2, 0.25) is 0 Å². The first kappa shape index (κ1) is 12.2. The molecule has 3 N–H and O–H groups in total. The van der Waals surface area contributed by atoms with Gasteiger partial charge in [0, 0.05) is 11.1 Å². The number of anilines is 2. The maximum absolute atomic E-state index is 12.3. The van der Waals surface area contributed by atoms with E-state index in [1.165, 1.54) is 11.3 Å². The summed E-state index contributed by atoms with van der Waals surface area (Å²) in [5.41, 5.74) is 7.81. The highest BCUT2D eigenvalue weighted by Gasteiger charge is 2.24. The van der Waals surface area contributed by atoms with Gasteiger partial charge in [0.15, 0.2) is 0 Å². The van der Waals surface area contributed by atoms with Gasteiger partial charge in [-0.15, -0.1) is 11.3 Å². The van der Waals surface area contributed by atoms with Gasteiger partial charge in [-0.25, -0.2) is 4.98 Å². The Labute approximate surface area is 115 Å². The highest BCUT2D eigenvalue weighted by atomic mass is 32.1. The number of nitrogens with zero attached hydrogens (tertiary/aromatic N) is 1. The topological polar surface area (TPSA) is 68.0 Å². The van der Waals surface area contributed by atoms with Gasteiger partial charge in [-0.2, -0.15) is 0 Å². The number of fused-ring (bicyclic) bond motifs is 1. The minimum atomic E-state index is -0.143. The average Bonchev–Trinajstić information content (AvgIpc) is 2.75. The van der Waals surface area contributed by atoms with Crippen LogP contribution in [-0.2, 0) is 12.8 Å². The molecule has 0 aromatic carbocycles. The van der Waals surface area contributed by atoms with Gasteiger partial charge in [0.1, 0.15) is 5.82 Å². The van der Waals surface area contributed by atoms with E-state index < -0.39 is 0 Å². The summed E-state index contributed by atoms with van der Waals surface area (Å²) in [7, 11) is 0. The van der Waals surface area contributed by atoms with Crippen LogP contribution in [-0.4, -0.2) is 10.9 Å². The predicted molar refractivity (Wildman–Crippen MR) is 77.6 cm³/mol. The van der Waals surface area contributed by atoms with E-state index in [2.05, 4.69) is 10.3 Å². The normalized spacial score (nSPS) is 13.9. The Balaban J connectivity index is 1.90. The fraction of sp³-hybridized carbons (Fsp3) is 0.286. The van der Waals surface area contributed by atoms with Crippen LogP contribution in [0.1, 0.15) is 33.6 Å². The van der Waals surface area contributed by atoms with Crippen LogP contribution in [0, 0.1) is 0 Å². The van der Waals surface area contributed by atoms with Crippen molar-refractivity contribution < 1.29 is 4.79 Å². The van der Waals surface area contributed by atoms with Gasteiger partial charge in [0.05, 0.1) is 10.6 Å². The summed E-state index contributed by atoms with van der Waals surface area (Å²) < 4.78 is 0. The van der Waals surface area contributed by atoms with Crippen LogP contribution < -0.4 is 11.1 Å². The van der Waals surface area contributed by atoms with Crippen molar-refractivity contribution in [3.05, 3.63) is 40.4 Å². The number of thiophene rings is 1. The number of rotatable bonds is 2. The van der Waals surface area contributed by atoms with Crippen molar-refractivity contribution >= 4 is 28.1 Å². The Morgan fingerprint density at radius 3 is 2.95 bits per heavy atom. The number of amides is 1. The van der Waals surface area contributed by atoms with Crippen LogP contribution in [0.4, 0.5) is 10.8 Å². The van der Waals surface area contributed by atoms with Crippen molar-refractivity contribution in [2.75, 3.05) is 11.1 Å². The second-order valence-electron chi connectivity index (χ2n) is 4.62. The summed E-state index contributed by atoms with van der Waals surface area (Å²) in [6.07, 6.45) is 5.97. The predicted octanol–water partition coefficient (Wildman–Crippen LogP) is 2.86. The van der Waals surface area contributed by atoms with E-state index in [1.807, 2.05) is 12.1 Å². The zero-order valence-corrected chi connectivity index (χ0v) is 11.3. The minimum Gasteiger partial charge on any atom is -0.390 e. The second kappa shape index (κ2) is 5.01. The lowest BCUT2D eigenvalue weighted by Gasteiger charge is -2.12. The first-order valence-electron chi connectivity index (χ1n) is 6.38. The SMILES string of the molecule is Nc1sc2c(c1C(=O)Nc1ccccn1)CCCC2. The number of nitrogens with one attached hydrogen (secondary N) is 1. The van der Waals surface area contributed by atoms with Crippen LogP contribution in [0.25, 0.3) is 0 Å². The molecule has 1 aliphatic carbocycles. The molecule has 5 heteroatoms. The molecule has 1 aliphatic rings. The molecule has 0 bridgehead atoms. The first-order valence-corrected chi connectivity index (χ1v) is 7.20. The molecule has 0 fully saturated rings. The Morgan fingerprint density at radius 2 is 2.16 bits per heavy atom. The van der Waals surface area contributed by atoms with Gasteiger partial charge in [0.25, 0.3) is 5.91 Å². The van der Waals surface area contributed by atoms with E-state index in [4.69, 9.17) is 5.73 Å². The number of aryl methyl sites for hydroxylation is 1. The molecule has 0 unspecified atom stereocenters. The molecule has 0 spiro atoms. The number of pyridine rings is 1. The lowest BCUT2D eigenvalue weighted by Crippen LogP contribution is -2.16. The number of nitrogens with two attached hydrogens (primary N) is 1. The van der Waals surface area contributed by atoms with Gasteiger partial charge in [-0.3, -0.25) is 4.79 Å². The molecule has 1 amide bonds. The van der Waals surface area contributed by atoms with Gasteiger partial charge < -0.3 is 11.1 Å². The number of aromatic nitrogens is 1. The molecule has 3 rings (SSSR count). The lowest BCUT2D eigenvalue weighted by molar-refractivity contribution is 0.102. The summed E-state index contributed by atoms with van der Waals surface area (Å²) in [6, 6.07) is 5.43. The number of carbonyl (C=O) groups excluding carboxylic acids is 1. The molecule has 0 aliphatic heterocycles. The highest BCUT2D eigenvalue weighted by molar-refractivity contribution is 7.16. The molecular formula is C14H15N3OS. The van der Waals surface area contributed by atoms with Crippen molar-refractivity contribution in [1.29, 1.82) is 0 Å². The zero-order valence-electron chi connectivity index (χ0n) is 10.5. The summed E-state index contributed by atoms with van der Waals surface area (Å²) >= 11 is 1.55. The maximum Gasteiger partial charge on any atom is 0.260 e. The third kappa shape index (κ3) is 2.33. The number of hydrogen-bond acceptors (Lipinski definition) is 4. The number of carbonyl (C=O) groups is 1. The summed E-state index contributed by atoms with van der Waals surface area (Å²) in [5.74, 6) is 0.415. The number of nitrogen functional groups attached to an aromatic ring is 1. The zero-order chi connectivity index (χ0) is 13.2. The molecule has 0 saturated carbocycles. The minimum absolute atomic E-state index is 0.143. The van der Waals surface area contributed by atoms with Gasteiger partial charge in [-0.1, -0.05) is 6.07 Å². The fourth-order valence-electron chi connectivity index (χ4n) is 2.45. The van der Waals surface area contributed by atoms with E-state index in [9.17, 15) is 4.79 Å². The molecule has 2 heterocycles. The second-order valence-corrected chi connectivity index (χ2v) is 5.76. The standard InChI is InChI=1S/C14H15N3OS/c15-13-12(9-5-1-2-6-10(9)19-13)14(18)17-11-7-3-4-8-16-11/h3-4,7-8H,1-2,5-6,15H2,(H,16,17,18). The monoisotopic (exact) mass is 273 g/mol. The van der Waals surface area contributed by atoms with E-state index in [-0.39, 0.29) is 5.91 Å². The van der Waals surface area contributed by atoms with Crippen molar-refractivity contribution in [3.63, 3.8) is 0 Å². The quantitative estimate of drug-likeness (QED) is 0.884. The Morgan fingerprint density at radius 1 is 1.32 bits per heavy atom. The average molecular weight is 273 g/mol. The largest absolute Gasteiger partial charge is 0.390 e. The van der Waals surface area contributed by atoms with Crippen LogP contribution in [0.5, 0.6) is 0 Å². The molecule has 4 nitrogen and oxygen atoms in total. The summed E-state index contributed by atoms with van der Waals surface area (Å²) in [5, 5.41) is 3.44. The van der Waals surface area contributed by atoms with Crippen molar-refractivity contribution in [2.24, 2.45) is 0 Å². The van der Waals surface area contributed by atoms with Crippen LogP contribution in [0.3, 0.4) is 0 Å². The van der Waals surface area contributed by atoms with E-state index in [0.717, 1.165) is 24.8 Å². The van der Waals surface area contributed by atoms with Gasteiger partial charge in [-0.05, 0) is 43.4 Å². The summed E-state index contributed by atoms with van der Waals surface area (Å²) in [6.45, 7) is 0. The third-order valence-corrected chi connectivity index (χ3v) is 4.45. The molecule has 2 aromatic rings. The van der Waals surface area contributed by atoms with Crippen molar-refractivity contribution in [2.45, 2.75) is 25.7 Å². The van der Waals surface area contributed by atoms with Crippen LogP contribution >= 0.6 is 11.3 Å². The van der Waals surface area contributed by atoms with Crippen LogP contribution in [0.2, 0.25) is 0 Å². The third-order valence-electron chi connectivity index (χ3n) is 3.33. The molecule has 98 valence electrons. The smallest absolute Gasteiger partial charge is 0.260 e. The Kier molecular flexibility index (Phi) is 3.21. The van der Waals surface area contributed by atoms with E-state index in [0.29, 0.717) is 16.4 Å². The first-order chi connectivity index (χ1) is 9.25.